The molecule has 7 aromatic heterocycles. The van der Waals surface area contributed by atoms with Gasteiger partial charge in [-0.25, -0.2) is 0 Å². The Morgan fingerprint density at radius 2 is 0.389 bits per heavy atom. The van der Waals surface area contributed by atoms with Crippen molar-refractivity contribution in [1.29, 1.82) is 0 Å². The minimum atomic E-state index is 0.519. The van der Waals surface area contributed by atoms with Crippen LogP contribution in [-0.2, 0) is 0 Å². The van der Waals surface area contributed by atoms with Crippen molar-refractivity contribution < 1.29 is 0 Å². The average molecular weight is 1150 g/mol. The van der Waals surface area contributed by atoms with E-state index in [1.807, 2.05) is 0 Å². The van der Waals surface area contributed by atoms with Crippen LogP contribution in [0.3, 0.4) is 0 Å². The fourth-order valence-electron chi connectivity index (χ4n) is 15.3. The maximum atomic E-state index is 5.72. The van der Waals surface area contributed by atoms with Crippen LogP contribution in [0.25, 0.3) is 177 Å². The Morgan fingerprint density at radius 1 is 0.167 bits per heavy atom. The number of hydrogen-bond acceptors (Lipinski definition) is 3. The molecule has 0 fully saturated rings. The van der Waals surface area contributed by atoms with Crippen LogP contribution in [0.4, 0.5) is 0 Å². The summed E-state index contributed by atoms with van der Waals surface area (Å²) < 4.78 is 14.1. The summed E-state index contributed by atoms with van der Waals surface area (Å²) in [4.78, 5) is 17.0. The summed E-state index contributed by atoms with van der Waals surface area (Å²) in [6.45, 7) is 0. The zero-order chi connectivity index (χ0) is 58.7. The Morgan fingerprint density at radius 3 is 0.667 bits per heavy atom. The molecule has 0 unspecified atom stereocenters. The van der Waals surface area contributed by atoms with E-state index < -0.39 is 0 Å². The molecule has 418 valence electrons. The van der Waals surface area contributed by atoms with E-state index in [0.717, 1.165) is 105 Å². The number of benzene rings is 13. The molecule has 7 heterocycles. The predicted molar refractivity (Wildman–Crippen MR) is 371 cm³/mol. The molecule has 0 N–H and O–H groups in total. The van der Waals surface area contributed by atoms with Crippen LogP contribution in [0.5, 0.6) is 0 Å². The number of rotatable bonds is 7. The van der Waals surface area contributed by atoms with Crippen LogP contribution >= 0.6 is 0 Å². The summed E-state index contributed by atoms with van der Waals surface area (Å²) in [5, 5.41) is 14.1. The summed E-state index contributed by atoms with van der Waals surface area (Å²) in [5.41, 5.74) is 18.4. The van der Waals surface area contributed by atoms with Crippen molar-refractivity contribution in [3.8, 4) is 46.0 Å². The summed E-state index contributed by atoms with van der Waals surface area (Å²) in [5.74, 6) is 1.59. The van der Waals surface area contributed by atoms with E-state index in [1.54, 1.807) is 0 Å². The molecule has 9 nitrogen and oxygen atoms in total. The van der Waals surface area contributed by atoms with Gasteiger partial charge in [-0.05, 0) is 133 Å². The predicted octanol–water partition coefficient (Wildman–Crippen LogP) is 20.1. The number of hydrogen-bond donors (Lipinski definition) is 0. The van der Waals surface area contributed by atoms with Crippen LogP contribution in [0, 0.1) is 0 Å². The molecule has 20 aromatic rings. The first-order valence-corrected chi connectivity index (χ1v) is 30.6. The third kappa shape index (κ3) is 6.71. The van der Waals surface area contributed by atoms with Gasteiger partial charge >= 0.3 is 0 Å². The molecule has 0 bridgehead atoms. The average Bonchev–Trinajstić information content (AvgIpc) is 1.63. The van der Waals surface area contributed by atoms with Crippen molar-refractivity contribution in [2.75, 3.05) is 0 Å². The first-order valence-electron chi connectivity index (χ1n) is 30.6. The van der Waals surface area contributed by atoms with E-state index in [2.05, 4.69) is 325 Å². The Labute approximate surface area is 513 Å². The summed E-state index contributed by atoms with van der Waals surface area (Å²) >= 11 is 0. The molecule has 0 aliphatic carbocycles. The molecular weight excluding hydrogens is 1100 g/mol. The summed E-state index contributed by atoms with van der Waals surface area (Å²) in [6.07, 6.45) is 0. The molecule has 9 heteroatoms. The lowest BCUT2D eigenvalue weighted by Crippen LogP contribution is -2.10. The SMILES string of the molecule is c1ccc(-n2c3ccccc3c3c4c5ccccc5n(-c5ccc(-c6nc(-n7c8ccccc8c8c9c%10ccccc%10n(-c%10ccccc%10)c9ccc87)nc(-n7c8ccccc8c8c9c%10ccccc%10n(-c%10ccccc%10)c9ccc87)n6)cc5)c4ccc32)cc1. The maximum absolute atomic E-state index is 5.72. The third-order valence-electron chi connectivity index (χ3n) is 18.9. The van der Waals surface area contributed by atoms with Gasteiger partial charge in [-0.3, -0.25) is 9.13 Å². The smallest absolute Gasteiger partial charge is 0.240 e. The first-order chi connectivity index (χ1) is 44.7. The lowest BCUT2D eigenvalue weighted by atomic mass is 10.1. The molecule has 20 rings (SSSR count). The second-order valence-corrected chi connectivity index (χ2v) is 23.5. The molecule has 0 atom stereocenters. The fraction of sp³-hybridized carbons (Fsp3) is 0. The lowest BCUT2D eigenvalue weighted by Gasteiger charge is -2.13. The molecule has 0 saturated heterocycles. The monoisotopic (exact) mass is 1150 g/mol. The number of aromatic nitrogens is 9. The van der Waals surface area contributed by atoms with Gasteiger partial charge in [0.1, 0.15) is 0 Å². The Balaban J connectivity index is 0.842. The zero-order valence-electron chi connectivity index (χ0n) is 48.3. The fourth-order valence-corrected chi connectivity index (χ4v) is 15.3. The van der Waals surface area contributed by atoms with Crippen molar-refractivity contribution in [1.82, 2.24) is 42.4 Å². The van der Waals surface area contributed by atoms with Crippen LogP contribution in [0.1, 0.15) is 0 Å². The van der Waals surface area contributed by atoms with Crippen LogP contribution < -0.4 is 0 Å². The maximum Gasteiger partial charge on any atom is 0.240 e. The van der Waals surface area contributed by atoms with Gasteiger partial charge in [0.05, 0.1) is 66.2 Å². The third-order valence-corrected chi connectivity index (χ3v) is 18.9. The van der Waals surface area contributed by atoms with Crippen molar-refractivity contribution in [3.63, 3.8) is 0 Å². The summed E-state index contributed by atoms with van der Waals surface area (Å²) in [6, 6.07) is 107. The van der Waals surface area contributed by atoms with Crippen LogP contribution in [-0.4, -0.2) is 42.4 Å². The minimum absolute atomic E-state index is 0.519. The van der Waals surface area contributed by atoms with E-state index in [1.165, 1.54) is 54.1 Å². The number of fused-ring (bicyclic) bond motifs is 21. The normalized spacial score (nSPS) is 12.2. The van der Waals surface area contributed by atoms with Crippen LogP contribution in [0.15, 0.2) is 297 Å². The van der Waals surface area contributed by atoms with Gasteiger partial charge in [-0.1, -0.05) is 164 Å². The van der Waals surface area contributed by atoms with Crippen molar-refractivity contribution >= 4 is 131 Å². The van der Waals surface area contributed by atoms with Crippen molar-refractivity contribution in [2.45, 2.75) is 0 Å². The van der Waals surface area contributed by atoms with Gasteiger partial charge in [0.15, 0.2) is 5.82 Å². The van der Waals surface area contributed by atoms with Crippen molar-refractivity contribution in [3.05, 3.63) is 297 Å². The van der Waals surface area contributed by atoms with Gasteiger partial charge in [0.25, 0.3) is 0 Å². The molecule has 0 radical (unpaired) electrons. The van der Waals surface area contributed by atoms with Crippen LogP contribution in [0.2, 0.25) is 0 Å². The van der Waals surface area contributed by atoms with E-state index in [9.17, 15) is 0 Å². The van der Waals surface area contributed by atoms with Crippen molar-refractivity contribution in [2.24, 2.45) is 0 Å². The van der Waals surface area contributed by atoms with Gasteiger partial charge in [-0.15, -0.1) is 0 Å². The highest BCUT2D eigenvalue weighted by molar-refractivity contribution is 6.31. The van der Waals surface area contributed by atoms with Gasteiger partial charge in [0, 0.05) is 92.9 Å². The Hall–Kier alpha value is -12.3. The highest BCUT2D eigenvalue weighted by Crippen LogP contribution is 2.46. The highest BCUT2D eigenvalue weighted by atomic mass is 15.3. The molecule has 0 saturated carbocycles. The topological polar surface area (TPSA) is 68.2 Å². The van der Waals surface area contributed by atoms with E-state index in [4.69, 9.17) is 15.0 Å². The lowest BCUT2D eigenvalue weighted by molar-refractivity contribution is 0.893. The highest BCUT2D eigenvalue weighted by Gasteiger charge is 2.27. The minimum Gasteiger partial charge on any atom is -0.309 e. The largest absolute Gasteiger partial charge is 0.309 e. The molecule has 90 heavy (non-hydrogen) atoms. The standard InChI is InChI=1S/C81H49N9/c1-4-22-51(23-5-1)85-61-34-16-10-28-55(61)73-67(85)44-45-70-74(73)58-31-13-19-37-64(58)88(70)54-42-40-50(41-43-54)79-82-80(89-65-38-20-14-32-59(65)77-71(89)48-46-68-75(77)56-29-11-17-35-62(56)86(68)52-24-6-2-7-25-52)84-81(83-79)90-66-39-21-15-33-60(66)78-72(90)49-47-69-76(78)57-30-12-18-36-63(57)87(69)53-26-8-3-9-27-53/h1-49H. The Kier molecular flexibility index (Phi) is 10.1. The second kappa shape index (κ2) is 18.6. The molecule has 0 amide bonds. The van der Waals surface area contributed by atoms with E-state index in [-0.39, 0.29) is 0 Å². The molecular formula is C81H49N9. The molecule has 13 aromatic carbocycles. The number of para-hydroxylation sites is 9. The van der Waals surface area contributed by atoms with Gasteiger partial charge in [0.2, 0.25) is 11.9 Å². The van der Waals surface area contributed by atoms with E-state index >= 15 is 0 Å². The molecule has 0 spiro atoms. The quantitative estimate of drug-likeness (QED) is 0.160. The summed E-state index contributed by atoms with van der Waals surface area (Å²) in [7, 11) is 0. The van der Waals surface area contributed by atoms with Gasteiger partial charge < -0.3 is 18.3 Å². The molecule has 0 aliphatic heterocycles. The zero-order valence-corrected chi connectivity index (χ0v) is 48.3. The Bertz CT molecular complexity index is 6130. The first kappa shape index (κ1) is 48.9. The second-order valence-electron chi connectivity index (χ2n) is 23.5. The van der Waals surface area contributed by atoms with Gasteiger partial charge in [-0.2, -0.15) is 15.0 Å². The molecule has 0 aliphatic rings. The van der Waals surface area contributed by atoms with E-state index in [0.29, 0.717) is 17.7 Å². The number of nitrogens with zero attached hydrogens (tertiary/aromatic N) is 9.